The van der Waals surface area contributed by atoms with Crippen LogP contribution in [-0.4, -0.2) is 17.1 Å². The third-order valence-electron chi connectivity index (χ3n) is 3.46. The van der Waals surface area contributed by atoms with Crippen molar-refractivity contribution in [3.63, 3.8) is 0 Å². The van der Waals surface area contributed by atoms with Gasteiger partial charge in [0.1, 0.15) is 6.04 Å². The van der Waals surface area contributed by atoms with Crippen LogP contribution in [0.1, 0.15) is 25.8 Å². The minimum atomic E-state index is -0.782. The molecule has 0 radical (unpaired) electrons. The summed E-state index contributed by atoms with van der Waals surface area (Å²) in [5.41, 5.74) is 1.09. The number of nitrogens with one attached hydrogen (secondary N) is 1. The van der Waals surface area contributed by atoms with E-state index in [0.29, 0.717) is 18.9 Å². The Morgan fingerprint density at radius 1 is 1.04 bits per heavy atom. The van der Waals surface area contributed by atoms with Crippen LogP contribution in [0.15, 0.2) is 64.4 Å². The molecule has 4 heteroatoms. The molecule has 0 fully saturated rings. The summed E-state index contributed by atoms with van der Waals surface area (Å²) in [4.78, 5) is 13.6. The molecule has 2 aromatic carbocycles. The van der Waals surface area contributed by atoms with E-state index in [1.165, 1.54) is 9.79 Å². The van der Waals surface area contributed by atoms with Crippen LogP contribution in [0.3, 0.4) is 0 Å². The lowest BCUT2D eigenvalue weighted by Crippen LogP contribution is -2.37. The summed E-state index contributed by atoms with van der Waals surface area (Å²) in [7, 11) is 0. The Morgan fingerprint density at radius 3 is 2.22 bits per heavy atom. The molecule has 0 aliphatic carbocycles. The molecule has 2 aromatic rings. The third kappa shape index (κ3) is 6.08. The van der Waals surface area contributed by atoms with Gasteiger partial charge in [0.15, 0.2) is 0 Å². The van der Waals surface area contributed by atoms with Crippen LogP contribution in [0.5, 0.6) is 0 Å². The van der Waals surface area contributed by atoms with Crippen molar-refractivity contribution in [3.8, 4) is 0 Å². The van der Waals surface area contributed by atoms with Crippen LogP contribution < -0.4 is 5.32 Å². The second-order valence-electron chi connectivity index (χ2n) is 5.96. The summed E-state index contributed by atoms with van der Waals surface area (Å²) in [5, 5.41) is 12.4. The molecule has 0 aliphatic heterocycles. The summed E-state index contributed by atoms with van der Waals surface area (Å²) in [6.07, 6.45) is 0.636. The fraction of sp³-hybridized carbons (Fsp3) is 0.316. The van der Waals surface area contributed by atoms with Gasteiger partial charge in [-0.1, -0.05) is 55.9 Å². The van der Waals surface area contributed by atoms with Crippen molar-refractivity contribution in [1.82, 2.24) is 5.32 Å². The summed E-state index contributed by atoms with van der Waals surface area (Å²) in [5.74, 6) is -0.428. The van der Waals surface area contributed by atoms with E-state index >= 15 is 0 Å². The van der Waals surface area contributed by atoms with Gasteiger partial charge in [0, 0.05) is 16.3 Å². The highest BCUT2D eigenvalue weighted by Crippen LogP contribution is 2.27. The van der Waals surface area contributed by atoms with E-state index in [4.69, 9.17) is 0 Å². The van der Waals surface area contributed by atoms with Crippen molar-refractivity contribution < 1.29 is 9.90 Å². The minimum Gasteiger partial charge on any atom is -0.480 e. The maximum absolute atomic E-state index is 11.2. The first-order chi connectivity index (χ1) is 11.0. The number of hydrogen-bond acceptors (Lipinski definition) is 3. The Hall–Kier alpha value is -1.78. The molecule has 0 bridgehead atoms. The Balaban J connectivity index is 1.90. The lowest BCUT2D eigenvalue weighted by atomic mass is 10.0. The van der Waals surface area contributed by atoms with Crippen molar-refractivity contribution in [2.24, 2.45) is 5.92 Å². The number of rotatable bonds is 8. The molecule has 0 saturated carbocycles. The van der Waals surface area contributed by atoms with Gasteiger partial charge < -0.3 is 10.4 Å². The molecule has 0 amide bonds. The fourth-order valence-electron chi connectivity index (χ4n) is 2.28. The SMILES string of the molecule is CC(C)C[C@H](NCc1ccc(Sc2ccccc2)cc1)C(=O)O. The summed E-state index contributed by atoms with van der Waals surface area (Å²) in [6, 6.07) is 18.0. The smallest absolute Gasteiger partial charge is 0.320 e. The monoisotopic (exact) mass is 329 g/mol. The van der Waals surface area contributed by atoms with Crippen LogP contribution in [0, 0.1) is 5.92 Å². The molecule has 2 N–H and O–H groups in total. The zero-order valence-corrected chi connectivity index (χ0v) is 14.3. The number of carbonyl (C=O) groups is 1. The third-order valence-corrected chi connectivity index (χ3v) is 4.48. The first-order valence-corrected chi connectivity index (χ1v) is 8.64. The van der Waals surface area contributed by atoms with E-state index in [0.717, 1.165) is 5.56 Å². The molecule has 0 aromatic heterocycles. The first-order valence-electron chi connectivity index (χ1n) is 7.82. The zero-order chi connectivity index (χ0) is 16.7. The van der Waals surface area contributed by atoms with E-state index < -0.39 is 12.0 Å². The number of carboxylic acids is 1. The summed E-state index contributed by atoms with van der Waals surface area (Å²) < 4.78 is 0. The topological polar surface area (TPSA) is 49.3 Å². The Kier molecular flexibility index (Phi) is 6.68. The molecule has 0 heterocycles. The quantitative estimate of drug-likeness (QED) is 0.752. The summed E-state index contributed by atoms with van der Waals surface area (Å²) in [6.45, 7) is 4.64. The van der Waals surface area contributed by atoms with Gasteiger partial charge in [-0.3, -0.25) is 4.79 Å². The molecule has 1 atom stereocenters. The van der Waals surface area contributed by atoms with Crippen LogP contribution in [-0.2, 0) is 11.3 Å². The van der Waals surface area contributed by atoms with Gasteiger partial charge in [-0.2, -0.15) is 0 Å². The van der Waals surface area contributed by atoms with Crippen molar-refractivity contribution in [1.29, 1.82) is 0 Å². The van der Waals surface area contributed by atoms with Gasteiger partial charge >= 0.3 is 5.97 Å². The number of hydrogen-bond donors (Lipinski definition) is 2. The molecular formula is C19H23NO2S. The van der Waals surface area contributed by atoms with Crippen molar-refractivity contribution in [2.75, 3.05) is 0 Å². The highest BCUT2D eigenvalue weighted by molar-refractivity contribution is 7.99. The number of benzene rings is 2. The Morgan fingerprint density at radius 2 is 1.65 bits per heavy atom. The second-order valence-corrected chi connectivity index (χ2v) is 7.11. The normalized spacial score (nSPS) is 12.3. The summed E-state index contributed by atoms with van der Waals surface area (Å²) >= 11 is 1.72. The van der Waals surface area contributed by atoms with Crippen molar-refractivity contribution in [2.45, 2.75) is 42.6 Å². The highest BCUT2D eigenvalue weighted by Gasteiger charge is 2.17. The average molecular weight is 329 g/mol. The van der Waals surface area contributed by atoms with Gasteiger partial charge in [0.2, 0.25) is 0 Å². The molecule has 23 heavy (non-hydrogen) atoms. The van der Waals surface area contributed by atoms with Crippen LogP contribution >= 0.6 is 11.8 Å². The molecule has 0 aliphatic rings. The van der Waals surface area contributed by atoms with E-state index in [-0.39, 0.29) is 0 Å². The lowest BCUT2D eigenvalue weighted by molar-refractivity contribution is -0.140. The minimum absolute atomic E-state index is 0.355. The zero-order valence-electron chi connectivity index (χ0n) is 13.5. The average Bonchev–Trinajstić information content (AvgIpc) is 2.53. The second kappa shape index (κ2) is 8.75. The van der Waals surface area contributed by atoms with Crippen molar-refractivity contribution >= 4 is 17.7 Å². The van der Waals surface area contributed by atoms with Gasteiger partial charge in [-0.25, -0.2) is 0 Å². The molecule has 0 unspecified atom stereocenters. The van der Waals surface area contributed by atoms with E-state index in [9.17, 15) is 9.90 Å². The Bertz CT molecular complexity index is 611. The predicted molar refractivity (Wildman–Crippen MR) is 94.7 cm³/mol. The molecule has 122 valence electrons. The van der Waals surface area contributed by atoms with Gasteiger partial charge in [-0.15, -0.1) is 0 Å². The molecular weight excluding hydrogens is 306 g/mol. The van der Waals surface area contributed by atoms with Gasteiger partial charge in [-0.05, 0) is 42.2 Å². The number of aliphatic carboxylic acids is 1. The van der Waals surface area contributed by atoms with Crippen LogP contribution in [0.2, 0.25) is 0 Å². The molecule has 0 spiro atoms. The maximum Gasteiger partial charge on any atom is 0.320 e. The molecule has 2 rings (SSSR count). The molecule has 3 nitrogen and oxygen atoms in total. The van der Waals surface area contributed by atoms with E-state index in [1.54, 1.807) is 11.8 Å². The highest BCUT2D eigenvalue weighted by atomic mass is 32.2. The number of carboxylic acid groups (broad SMARTS) is 1. The van der Waals surface area contributed by atoms with Crippen LogP contribution in [0.25, 0.3) is 0 Å². The predicted octanol–water partition coefficient (Wildman–Crippen LogP) is 4.43. The lowest BCUT2D eigenvalue weighted by Gasteiger charge is -2.16. The van der Waals surface area contributed by atoms with Crippen molar-refractivity contribution in [3.05, 3.63) is 60.2 Å². The maximum atomic E-state index is 11.2. The van der Waals surface area contributed by atoms with Gasteiger partial charge in [0.25, 0.3) is 0 Å². The van der Waals surface area contributed by atoms with Gasteiger partial charge in [0.05, 0.1) is 0 Å². The van der Waals surface area contributed by atoms with E-state index in [2.05, 4.69) is 29.6 Å². The Labute approximate surface area is 142 Å². The van der Waals surface area contributed by atoms with E-state index in [1.807, 2.05) is 44.2 Å². The van der Waals surface area contributed by atoms with Crippen LogP contribution in [0.4, 0.5) is 0 Å². The molecule has 0 saturated heterocycles. The fourth-order valence-corrected chi connectivity index (χ4v) is 3.12. The standard InChI is InChI=1S/C19H23NO2S/c1-14(2)12-18(19(21)22)20-13-15-8-10-17(11-9-15)23-16-6-4-3-5-7-16/h3-11,14,18,20H,12-13H2,1-2H3,(H,21,22)/t18-/m0/s1. The first kappa shape index (κ1) is 17.6. The largest absolute Gasteiger partial charge is 0.480 e.